The first-order valence-electron chi connectivity index (χ1n) is 12.6. The summed E-state index contributed by atoms with van der Waals surface area (Å²) < 4.78 is 12.6. The number of amides is 1. The Hall–Kier alpha value is -2.83. The predicted octanol–water partition coefficient (Wildman–Crippen LogP) is 5.72. The number of ether oxygens (including phenoxy) is 2. The number of carbonyl (C=O) groups is 2. The molecule has 7 heteroatoms. The van der Waals surface area contributed by atoms with Gasteiger partial charge in [0.25, 0.3) is 0 Å². The molecule has 7 nitrogen and oxygen atoms in total. The summed E-state index contributed by atoms with van der Waals surface area (Å²) in [5, 5.41) is 7.53. The van der Waals surface area contributed by atoms with E-state index in [0.29, 0.717) is 36.5 Å². The fourth-order valence-electron chi connectivity index (χ4n) is 4.91. The van der Waals surface area contributed by atoms with Crippen LogP contribution in [0.25, 0.3) is 5.69 Å². The van der Waals surface area contributed by atoms with Gasteiger partial charge in [-0.1, -0.05) is 18.6 Å². The summed E-state index contributed by atoms with van der Waals surface area (Å²) in [5.41, 5.74) is 3.34. The number of nitrogens with zero attached hydrogens (tertiary/aromatic N) is 2. The summed E-state index contributed by atoms with van der Waals surface area (Å²) in [7, 11) is 0. The molecule has 4 rings (SSSR count). The van der Waals surface area contributed by atoms with E-state index in [1.165, 1.54) is 5.56 Å². The molecule has 0 radical (unpaired) electrons. The van der Waals surface area contributed by atoms with Crippen LogP contribution in [0.1, 0.15) is 99.7 Å². The van der Waals surface area contributed by atoms with Gasteiger partial charge >= 0.3 is 12.1 Å². The van der Waals surface area contributed by atoms with E-state index in [-0.39, 0.29) is 12.1 Å². The van der Waals surface area contributed by atoms with Gasteiger partial charge in [-0.3, -0.25) is 0 Å². The lowest BCUT2D eigenvalue weighted by Gasteiger charge is -2.30. The topological polar surface area (TPSA) is 82.5 Å². The van der Waals surface area contributed by atoms with E-state index in [0.717, 1.165) is 49.9 Å². The van der Waals surface area contributed by atoms with Crippen LogP contribution < -0.4 is 5.32 Å². The monoisotopic (exact) mass is 467 g/mol. The van der Waals surface area contributed by atoms with E-state index >= 15 is 0 Å². The Balaban J connectivity index is 1.47. The first-order chi connectivity index (χ1) is 16.2. The molecule has 2 aliphatic rings. The number of aromatic nitrogens is 2. The SMILES string of the molecule is CCOC(=O)c1cnn(-c2cccc([C@@H]3CCC[C@@H](CNC(=O)OC(C)(C)C)C3)c2)c1C1CC1. The second kappa shape index (κ2) is 10.2. The van der Waals surface area contributed by atoms with Crippen molar-refractivity contribution in [2.45, 2.75) is 83.7 Å². The van der Waals surface area contributed by atoms with Crippen LogP contribution in [-0.4, -0.2) is 40.6 Å². The molecule has 0 saturated heterocycles. The zero-order valence-corrected chi connectivity index (χ0v) is 20.8. The number of esters is 1. The number of hydrogen-bond acceptors (Lipinski definition) is 5. The maximum absolute atomic E-state index is 12.5. The molecule has 1 aromatic carbocycles. The summed E-state index contributed by atoms with van der Waals surface area (Å²) in [5.74, 6) is 0.934. The molecule has 2 aliphatic carbocycles. The molecule has 1 aromatic heterocycles. The highest BCUT2D eigenvalue weighted by Gasteiger charge is 2.33. The molecule has 1 heterocycles. The van der Waals surface area contributed by atoms with Crippen LogP contribution in [0, 0.1) is 5.92 Å². The van der Waals surface area contributed by atoms with Gasteiger partial charge in [0.15, 0.2) is 0 Å². The summed E-state index contributed by atoms with van der Waals surface area (Å²) in [6.45, 7) is 8.44. The second-order valence-corrected chi connectivity index (χ2v) is 10.6. The molecule has 34 heavy (non-hydrogen) atoms. The van der Waals surface area contributed by atoms with Gasteiger partial charge in [0.05, 0.1) is 24.2 Å². The molecule has 2 saturated carbocycles. The van der Waals surface area contributed by atoms with Crippen molar-refractivity contribution in [3.63, 3.8) is 0 Å². The Morgan fingerprint density at radius 2 is 1.94 bits per heavy atom. The van der Waals surface area contributed by atoms with Crippen molar-refractivity contribution in [1.82, 2.24) is 15.1 Å². The third-order valence-electron chi connectivity index (χ3n) is 6.57. The molecule has 0 aliphatic heterocycles. The minimum atomic E-state index is -0.488. The van der Waals surface area contributed by atoms with Crippen LogP contribution in [0.5, 0.6) is 0 Å². The Labute approximate surface area is 202 Å². The molecule has 1 N–H and O–H groups in total. The number of rotatable bonds is 7. The molecule has 0 spiro atoms. The van der Waals surface area contributed by atoms with E-state index < -0.39 is 5.60 Å². The van der Waals surface area contributed by atoms with Gasteiger partial charge in [0, 0.05) is 12.5 Å². The van der Waals surface area contributed by atoms with Crippen molar-refractivity contribution in [1.29, 1.82) is 0 Å². The highest BCUT2D eigenvalue weighted by atomic mass is 16.6. The minimum absolute atomic E-state index is 0.292. The molecular weight excluding hydrogens is 430 g/mol. The summed E-state index contributed by atoms with van der Waals surface area (Å²) >= 11 is 0. The second-order valence-electron chi connectivity index (χ2n) is 10.6. The number of carbonyl (C=O) groups excluding carboxylic acids is 2. The van der Waals surface area contributed by atoms with Crippen molar-refractivity contribution in [2.75, 3.05) is 13.2 Å². The van der Waals surface area contributed by atoms with Crippen LogP contribution in [0.15, 0.2) is 30.5 Å². The Morgan fingerprint density at radius 3 is 2.65 bits per heavy atom. The summed E-state index contributed by atoms with van der Waals surface area (Å²) in [6, 6.07) is 8.53. The zero-order chi connectivity index (χ0) is 24.3. The predicted molar refractivity (Wildman–Crippen MR) is 130 cm³/mol. The van der Waals surface area contributed by atoms with E-state index in [1.54, 1.807) is 6.20 Å². The van der Waals surface area contributed by atoms with Crippen LogP contribution in [0.2, 0.25) is 0 Å². The summed E-state index contributed by atoms with van der Waals surface area (Å²) in [6.07, 6.45) is 7.87. The Bertz CT molecular complexity index is 1020. The van der Waals surface area contributed by atoms with Crippen molar-refractivity contribution in [3.05, 3.63) is 47.3 Å². The van der Waals surface area contributed by atoms with Crippen molar-refractivity contribution < 1.29 is 19.1 Å². The molecule has 184 valence electrons. The van der Waals surface area contributed by atoms with Crippen molar-refractivity contribution in [3.8, 4) is 5.69 Å². The quantitative estimate of drug-likeness (QED) is 0.526. The Kier molecular flexibility index (Phi) is 7.29. The average molecular weight is 468 g/mol. The fraction of sp³-hybridized carbons (Fsp3) is 0.593. The third-order valence-corrected chi connectivity index (χ3v) is 6.57. The number of benzene rings is 1. The molecule has 0 unspecified atom stereocenters. The van der Waals surface area contributed by atoms with Gasteiger partial charge in [-0.15, -0.1) is 0 Å². The highest BCUT2D eigenvalue weighted by Crippen LogP contribution is 2.43. The maximum atomic E-state index is 12.5. The van der Waals surface area contributed by atoms with Gasteiger partial charge in [0.1, 0.15) is 11.2 Å². The largest absolute Gasteiger partial charge is 0.462 e. The molecular formula is C27H37N3O4. The Morgan fingerprint density at radius 1 is 1.15 bits per heavy atom. The van der Waals surface area contributed by atoms with Gasteiger partial charge in [0.2, 0.25) is 0 Å². The molecule has 2 aromatic rings. The first kappa shape index (κ1) is 24.3. The van der Waals surface area contributed by atoms with Crippen LogP contribution in [-0.2, 0) is 9.47 Å². The first-order valence-corrected chi connectivity index (χ1v) is 12.6. The van der Waals surface area contributed by atoms with Crippen LogP contribution in [0.4, 0.5) is 4.79 Å². The van der Waals surface area contributed by atoms with E-state index in [2.05, 4.69) is 34.7 Å². The molecule has 2 fully saturated rings. The van der Waals surface area contributed by atoms with E-state index in [4.69, 9.17) is 9.47 Å². The molecule has 2 atom stereocenters. The van der Waals surface area contributed by atoms with Crippen molar-refractivity contribution >= 4 is 12.1 Å². The average Bonchev–Trinajstić information content (AvgIpc) is 3.54. The lowest BCUT2D eigenvalue weighted by Crippen LogP contribution is -2.36. The molecule has 0 bridgehead atoms. The minimum Gasteiger partial charge on any atom is -0.462 e. The van der Waals surface area contributed by atoms with Crippen LogP contribution in [0.3, 0.4) is 0 Å². The standard InChI is InChI=1S/C27H37N3O4/c1-5-33-25(31)23-17-29-30(24(23)19-12-13-19)22-11-7-10-21(15-22)20-9-6-8-18(14-20)16-28-26(32)34-27(2,3)4/h7,10-11,15,17-20H,5-6,8-9,12-14,16H2,1-4H3,(H,28,32)/t18-,20-/m1/s1. The highest BCUT2D eigenvalue weighted by molar-refractivity contribution is 5.91. The van der Waals surface area contributed by atoms with Gasteiger partial charge in [-0.25, -0.2) is 14.3 Å². The van der Waals surface area contributed by atoms with Gasteiger partial charge in [-0.05, 0) is 89.3 Å². The number of hydrogen-bond donors (Lipinski definition) is 1. The summed E-state index contributed by atoms with van der Waals surface area (Å²) in [4.78, 5) is 24.5. The van der Waals surface area contributed by atoms with Gasteiger partial charge in [-0.2, -0.15) is 5.10 Å². The van der Waals surface area contributed by atoms with E-state index in [9.17, 15) is 9.59 Å². The van der Waals surface area contributed by atoms with Crippen LogP contribution >= 0.6 is 0 Å². The number of alkyl carbamates (subject to hydrolysis) is 1. The maximum Gasteiger partial charge on any atom is 0.407 e. The number of nitrogens with one attached hydrogen (secondary N) is 1. The fourth-order valence-corrected chi connectivity index (χ4v) is 4.91. The smallest absolute Gasteiger partial charge is 0.407 e. The van der Waals surface area contributed by atoms with E-state index in [1.807, 2.05) is 32.4 Å². The third kappa shape index (κ3) is 5.99. The lowest BCUT2D eigenvalue weighted by atomic mass is 9.78. The van der Waals surface area contributed by atoms with Gasteiger partial charge < -0.3 is 14.8 Å². The zero-order valence-electron chi connectivity index (χ0n) is 20.8. The normalized spacial score (nSPS) is 20.6. The lowest BCUT2D eigenvalue weighted by molar-refractivity contribution is 0.0508. The van der Waals surface area contributed by atoms with Crippen molar-refractivity contribution in [2.24, 2.45) is 5.92 Å². The molecule has 1 amide bonds.